The van der Waals surface area contributed by atoms with Gasteiger partial charge in [-0.05, 0) is 43.7 Å². The zero-order chi connectivity index (χ0) is 22.4. The maximum Gasteiger partial charge on any atom is 0.266 e. The van der Waals surface area contributed by atoms with Crippen LogP contribution in [-0.4, -0.2) is 37.4 Å². The number of nitrogens with zero attached hydrogens (tertiary/aromatic N) is 3. The first-order chi connectivity index (χ1) is 14.2. The summed E-state index contributed by atoms with van der Waals surface area (Å²) in [6.07, 6.45) is 1.42. The molecule has 1 heterocycles. The Balaban J connectivity index is 2.42. The standard InChI is InChI=1S/C21H19BrN4O3S/c1-5-29-17-7-6-15(22)9-13(17)8-14(10-23)19(27)25-20-16(11-24)12(2)18(30-20)21(28)26(3)4/h6-9H,5H2,1-4H3,(H,25,27)/b14-8-. The van der Waals surface area contributed by atoms with Crippen LogP contribution in [0.2, 0.25) is 0 Å². The van der Waals surface area contributed by atoms with E-state index in [1.165, 1.54) is 11.0 Å². The second kappa shape index (κ2) is 10.1. The van der Waals surface area contributed by atoms with E-state index < -0.39 is 5.91 Å². The first-order valence-corrected chi connectivity index (χ1v) is 10.4. The van der Waals surface area contributed by atoms with Crippen LogP contribution in [0.5, 0.6) is 5.75 Å². The normalized spacial score (nSPS) is 10.7. The number of hydrogen-bond acceptors (Lipinski definition) is 6. The molecule has 0 aliphatic carbocycles. The molecule has 0 fully saturated rings. The largest absolute Gasteiger partial charge is 0.493 e. The molecule has 7 nitrogen and oxygen atoms in total. The van der Waals surface area contributed by atoms with Crippen molar-refractivity contribution in [1.82, 2.24) is 4.90 Å². The highest BCUT2D eigenvalue weighted by molar-refractivity contribution is 9.10. The SMILES string of the molecule is CCOc1ccc(Br)cc1/C=C(/C#N)C(=O)Nc1sc(C(=O)N(C)C)c(C)c1C#N. The zero-order valence-corrected chi connectivity index (χ0v) is 19.3. The van der Waals surface area contributed by atoms with Crippen molar-refractivity contribution in [1.29, 1.82) is 10.5 Å². The van der Waals surface area contributed by atoms with E-state index in [4.69, 9.17) is 4.74 Å². The van der Waals surface area contributed by atoms with E-state index in [0.717, 1.165) is 15.8 Å². The van der Waals surface area contributed by atoms with Gasteiger partial charge in [0.05, 0.1) is 17.0 Å². The molecule has 0 spiro atoms. The minimum Gasteiger partial charge on any atom is -0.493 e. The first kappa shape index (κ1) is 23.1. The van der Waals surface area contributed by atoms with Gasteiger partial charge in [-0.3, -0.25) is 9.59 Å². The number of nitrogens with one attached hydrogen (secondary N) is 1. The number of anilines is 1. The van der Waals surface area contributed by atoms with E-state index in [1.54, 1.807) is 39.2 Å². The maximum atomic E-state index is 12.7. The van der Waals surface area contributed by atoms with Crippen LogP contribution in [0, 0.1) is 29.6 Å². The fourth-order valence-electron chi connectivity index (χ4n) is 2.54. The topological polar surface area (TPSA) is 106 Å². The molecule has 0 unspecified atom stereocenters. The molecule has 0 saturated carbocycles. The number of halogens is 1. The maximum absolute atomic E-state index is 12.7. The van der Waals surface area contributed by atoms with Gasteiger partial charge >= 0.3 is 0 Å². The highest BCUT2D eigenvalue weighted by Crippen LogP contribution is 2.33. The van der Waals surface area contributed by atoms with Gasteiger partial charge in [-0.25, -0.2) is 0 Å². The molecule has 9 heteroatoms. The van der Waals surface area contributed by atoms with Gasteiger partial charge in [0, 0.05) is 24.1 Å². The number of carbonyl (C=O) groups is 2. The number of carbonyl (C=O) groups excluding carboxylic acids is 2. The summed E-state index contributed by atoms with van der Waals surface area (Å²) in [6, 6.07) is 9.17. The predicted octanol–water partition coefficient (Wildman–Crippen LogP) is 4.34. The Bertz CT molecular complexity index is 1110. The summed E-state index contributed by atoms with van der Waals surface area (Å²) in [7, 11) is 3.21. The average Bonchev–Trinajstić information content (AvgIpc) is 3.02. The molecule has 0 radical (unpaired) electrons. The summed E-state index contributed by atoms with van der Waals surface area (Å²) >= 11 is 4.38. The van der Waals surface area contributed by atoms with Gasteiger partial charge < -0.3 is 15.0 Å². The Hall–Kier alpha value is -3.14. The highest BCUT2D eigenvalue weighted by Gasteiger charge is 2.23. The molecule has 0 atom stereocenters. The average molecular weight is 487 g/mol. The van der Waals surface area contributed by atoms with Crippen LogP contribution < -0.4 is 10.1 Å². The summed E-state index contributed by atoms with van der Waals surface area (Å²) < 4.78 is 6.32. The molecule has 0 aliphatic rings. The van der Waals surface area contributed by atoms with Crippen molar-refractivity contribution in [2.75, 3.05) is 26.0 Å². The van der Waals surface area contributed by atoms with Gasteiger partial charge in [-0.15, -0.1) is 11.3 Å². The Morgan fingerprint density at radius 1 is 1.33 bits per heavy atom. The van der Waals surface area contributed by atoms with Crippen molar-refractivity contribution in [2.24, 2.45) is 0 Å². The number of benzene rings is 1. The van der Waals surface area contributed by atoms with Crippen LogP contribution in [-0.2, 0) is 4.79 Å². The number of amides is 2. The van der Waals surface area contributed by atoms with Crippen LogP contribution in [0.15, 0.2) is 28.2 Å². The van der Waals surface area contributed by atoms with Crippen LogP contribution in [0.4, 0.5) is 5.00 Å². The quantitative estimate of drug-likeness (QED) is 0.482. The molecule has 1 aromatic carbocycles. The molecule has 0 aliphatic heterocycles. The number of ether oxygens (including phenoxy) is 1. The lowest BCUT2D eigenvalue weighted by atomic mass is 10.1. The third-order valence-electron chi connectivity index (χ3n) is 4.02. The number of rotatable bonds is 6. The summed E-state index contributed by atoms with van der Waals surface area (Å²) in [5.41, 5.74) is 1.09. The van der Waals surface area contributed by atoms with Gasteiger partial charge in [0.1, 0.15) is 28.5 Å². The molecular formula is C21H19BrN4O3S. The molecule has 0 saturated heterocycles. The number of nitriles is 2. The second-order valence-electron chi connectivity index (χ2n) is 6.31. The van der Waals surface area contributed by atoms with E-state index in [0.29, 0.717) is 28.4 Å². The van der Waals surface area contributed by atoms with Crippen LogP contribution in [0.1, 0.15) is 33.3 Å². The van der Waals surface area contributed by atoms with Gasteiger partial charge in [0.15, 0.2) is 0 Å². The Morgan fingerprint density at radius 3 is 2.60 bits per heavy atom. The van der Waals surface area contributed by atoms with E-state index in [9.17, 15) is 20.1 Å². The molecular weight excluding hydrogens is 468 g/mol. The fourth-order valence-corrected chi connectivity index (χ4v) is 4.09. The van der Waals surface area contributed by atoms with Crippen molar-refractivity contribution < 1.29 is 14.3 Å². The fraction of sp³-hybridized carbons (Fsp3) is 0.238. The monoisotopic (exact) mass is 486 g/mol. The van der Waals surface area contributed by atoms with Gasteiger partial charge in [-0.1, -0.05) is 15.9 Å². The van der Waals surface area contributed by atoms with Crippen molar-refractivity contribution in [2.45, 2.75) is 13.8 Å². The number of thiophene rings is 1. The summed E-state index contributed by atoms with van der Waals surface area (Å²) in [4.78, 5) is 26.8. The van der Waals surface area contributed by atoms with E-state index in [1.807, 2.05) is 19.1 Å². The van der Waals surface area contributed by atoms with E-state index in [2.05, 4.69) is 21.2 Å². The third-order valence-corrected chi connectivity index (χ3v) is 5.71. The molecule has 1 N–H and O–H groups in total. The Labute approximate surface area is 187 Å². The molecule has 2 amide bonds. The van der Waals surface area contributed by atoms with Crippen molar-refractivity contribution in [3.63, 3.8) is 0 Å². The lowest BCUT2D eigenvalue weighted by Gasteiger charge is -2.09. The predicted molar refractivity (Wildman–Crippen MR) is 119 cm³/mol. The Kier molecular flexibility index (Phi) is 7.76. The molecule has 154 valence electrons. The highest BCUT2D eigenvalue weighted by atomic mass is 79.9. The smallest absolute Gasteiger partial charge is 0.266 e. The lowest BCUT2D eigenvalue weighted by molar-refractivity contribution is -0.112. The van der Waals surface area contributed by atoms with Gasteiger partial charge in [0.2, 0.25) is 0 Å². The molecule has 30 heavy (non-hydrogen) atoms. The van der Waals surface area contributed by atoms with E-state index in [-0.39, 0.29) is 22.0 Å². The number of hydrogen-bond donors (Lipinski definition) is 1. The van der Waals surface area contributed by atoms with E-state index >= 15 is 0 Å². The van der Waals surface area contributed by atoms with Crippen molar-refractivity contribution in [3.05, 3.63) is 49.8 Å². The summed E-state index contributed by atoms with van der Waals surface area (Å²) in [5.74, 6) is -0.410. The lowest BCUT2D eigenvalue weighted by Crippen LogP contribution is -2.21. The molecule has 0 bridgehead atoms. The summed E-state index contributed by atoms with van der Waals surface area (Å²) in [5, 5.41) is 21.8. The van der Waals surface area contributed by atoms with Crippen molar-refractivity contribution in [3.8, 4) is 17.9 Å². The minimum absolute atomic E-state index is 0.163. The van der Waals surface area contributed by atoms with Gasteiger partial charge in [0.25, 0.3) is 11.8 Å². The van der Waals surface area contributed by atoms with Crippen LogP contribution in [0.3, 0.4) is 0 Å². The Morgan fingerprint density at radius 2 is 2.03 bits per heavy atom. The third kappa shape index (κ3) is 5.07. The summed E-state index contributed by atoms with van der Waals surface area (Å²) in [6.45, 7) is 3.92. The van der Waals surface area contributed by atoms with Crippen LogP contribution in [0.25, 0.3) is 6.08 Å². The second-order valence-corrected chi connectivity index (χ2v) is 8.25. The first-order valence-electron chi connectivity index (χ1n) is 8.84. The molecule has 1 aromatic heterocycles. The van der Waals surface area contributed by atoms with Crippen LogP contribution >= 0.6 is 27.3 Å². The molecule has 2 rings (SSSR count). The van der Waals surface area contributed by atoms with Crippen molar-refractivity contribution >= 4 is 50.2 Å². The minimum atomic E-state index is -0.679. The zero-order valence-electron chi connectivity index (χ0n) is 16.9. The molecule has 2 aromatic rings. The van der Waals surface area contributed by atoms with Gasteiger partial charge in [-0.2, -0.15) is 10.5 Å².